The number of nitrogens with zero attached hydrogens (tertiary/aromatic N) is 3. The molecule has 0 aromatic heterocycles. The highest BCUT2D eigenvalue weighted by atomic mass is 32.2. The maximum absolute atomic E-state index is 12.9. The van der Waals surface area contributed by atoms with Crippen LogP contribution in [-0.4, -0.2) is 86.5 Å². The number of carbonyl (C=O) groups is 2. The SMILES string of the molecule is CCN(CCCCN1CCN(C(=O)C2CCCCC2)CCC1=O)C(C)Cc1ccc(S(C)(=O)=O)cc1. The van der Waals surface area contributed by atoms with E-state index in [0.29, 0.717) is 37.0 Å². The second-order valence-corrected chi connectivity index (χ2v) is 12.6. The first-order chi connectivity index (χ1) is 17.2. The minimum atomic E-state index is -3.17. The first-order valence-electron chi connectivity index (χ1n) is 13.8. The van der Waals surface area contributed by atoms with Gasteiger partial charge in [0.15, 0.2) is 9.84 Å². The van der Waals surface area contributed by atoms with Gasteiger partial charge in [0.25, 0.3) is 0 Å². The fourth-order valence-corrected chi connectivity index (χ4v) is 6.21. The lowest BCUT2D eigenvalue weighted by Gasteiger charge is -2.29. The van der Waals surface area contributed by atoms with Gasteiger partial charge in [-0.25, -0.2) is 8.42 Å². The number of likely N-dealkylation sites (N-methyl/N-ethyl adjacent to an activating group) is 1. The van der Waals surface area contributed by atoms with E-state index in [0.717, 1.165) is 70.1 Å². The molecular weight excluding hydrogens is 474 g/mol. The van der Waals surface area contributed by atoms with Crippen molar-refractivity contribution in [2.24, 2.45) is 5.92 Å². The summed E-state index contributed by atoms with van der Waals surface area (Å²) in [5.74, 6) is 0.607. The highest BCUT2D eigenvalue weighted by molar-refractivity contribution is 7.90. The van der Waals surface area contributed by atoms with Gasteiger partial charge in [0.2, 0.25) is 11.8 Å². The predicted molar refractivity (Wildman–Crippen MR) is 144 cm³/mol. The van der Waals surface area contributed by atoms with Crippen LogP contribution in [0.25, 0.3) is 0 Å². The molecule has 2 amide bonds. The lowest BCUT2D eigenvalue weighted by atomic mass is 9.88. The van der Waals surface area contributed by atoms with Crippen molar-refractivity contribution in [2.45, 2.75) is 82.6 Å². The molecule has 36 heavy (non-hydrogen) atoms. The molecule has 2 aliphatic rings. The average molecular weight is 520 g/mol. The summed E-state index contributed by atoms with van der Waals surface area (Å²) < 4.78 is 23.4. The van der Waals surface area contributed by atoms with Crippen LogP contribution < -0.4 is 0 Å². The van der Waals surface area contributed by atoms with Crippen LogP contribution in [0.1, 0.15) is 70.8 Å². The van der Waals surface area contributed by atoms with E-state index < -0.39 is 9.84 Å². The van der Waals surface area contributed by atoms with Gasteiger partial charge < -0.3 is 14.7 Å². The molecule has 1 aromatic carbocycles. The molecule has 8 heteroatoms. The van der Waals surface area contributed by atoms with E-state index in [2.05, 4.69) is 18.7 Å². The van der Waals surface area contributed by atoms with Crippen LogP contribution in [-0.2, 0) is 25.8 Å². The molecule has 1 saturated heterocycles. The zero-order valence-corrected chi connectivity index (χ0v) is 23.3. The summed E-state index contributed by atoms with van der Waals surface area (Å²) in [7, 11) is -3.17. The Hall–Kier alpha value is -1.93. The maximum atomic E-state index is 12.9. The Balaban J connectivity index is 1.41. The Kier molecular flexibility index (Phi) is 10.8. The molecule has 0 N–H and O–H groups in total. The molecule has 1 aliphatic carbocycles. The molecule has 1 heterocycles. The highest BCUT2D eigenvalue weighted by Crippen LogP contribution is 2.26. The third kappa shape index (κ3) is 8.30. The third-order valence-corrected chi connectivity index (χ3v) is 9.02. The minimum Gasteiger partial charge on any atom is -0.341 e. The number of hydrogen-bond donors (Lipinski definition) is 0. The smallest absolute Gasteiger partial charge is 0.225 e. The zero-order valence-electron chi connectivity index (χ0n) is 22.5. The fraction of sp³-hybridized carbons (Fsp3) is 0.714. The summed E-state index contributed by atoms with van der Waals surface area (Å²) in [4.78, 5) is 32.3. The molecule has 1 aromatic rings. The average Bonchev–Trinajstić information content (AvgIpc) is 3.05. The van der Waals surface area contributed by atoms with Gasteiger partial charge in [-0.2, -0.15) is 0 Å². The fourth-order valence-electron chi connectivity index (χ4n) is 5.58. The Bertz CT molecular complexity index is 958. The van der Waals surface area contributed by atoms with Crippen LogP contribution >= 0.6 is 0 Å². The van der Waals surface area contributed by atoms with Crippen LogP contribution in [0.5, 0.6) is 0 Å². The Labute approximate surface area is 218 Å². The van der Waals surface area contributed by atoms with Gasteiger partial charge in [-0.05, 0) is 69.8 Å². The second kappa shape index (κ2) is 13.6. The molecule has 7 nitrogen and oxygen atoms in total. The number of rotatable bonds is 11. The molecular formula is C28H45N3O4S. The van der Waals surface area contributed by atoms with Crippen LogP contribution in [0.3, 0.4) is 0 Å². The summed E-state index contributed by atoms with van der Waals surface area (Å²) in [5.41, 5.74) is 1.14. The lowest BCUT2D eigenvalue weighted by molar-refractivity contribution is -0.136. The topological polar surface area (TPSA) is 78.0 Å². The quantitative estimate of drug-likeness (QED) is 0.416. The van der Waals surface area contributed by atoms with E-state index in [1.54, 1.807) is 12.1 Å². The number of benzene rings is 1. The van der Waals surface area contributed by atoms with Gasteiger partial charge >= 0.3 is 0 Å². The van der Waals surface area contributed by atoms with Gasteiger partial charge in [-0.1, -0.05) is 38.3 Å². The second-order valence-electron chi connectivity index (χ2n) is 10.6. The van der Waals surface area contributed by atoms with Crippen molar-refractivity contribution in [3.8, 4) is 0 Å². The van der Waals surface area contributed by atoms with Crippen LogP contribution in [0, 0.1) is 5.92 Å². The number of carbonyl (C=O) groups excluding carboxylic acids is 2. The Morgan fingerprint density at radius 3 is 2.39 bits per heavy atom. The van der Waals surface area contributed by atoms with Gasteiger partial charge in [0.05, 0.1) is 4.90 Å². The summed E-state index contributed by atoms with van der Waals surface area (Å²) >= 11 is 0. The molecule has 0 radical (unpaired) electrons. The molecule has 202 valence electrons. The van der Waals surface area contributed by atoms with E-state index in [-0.39, 0.29) is 17.7 Å². The van der Waals surface area contributed by atoms with E-state index in [9.17, 15) is 18.0 Å². The highest BCUT2D eigenvalue weighted by Gasteiger charge is 2.29. The van der Waals surface area contributed by atoms with E-state index in [1.807, 2.05) is 21.9 Å². The summed E-state index contributed by atoms with van der Waals surface area (Å²) in [6, 6.07) is 7.55. The summed E-state index contributed by atoms with van der Waals surface area (Å²) in [5, 5.41) is 0. The van der Waals surface area contributed by atoms with Crippen molar-refractivity contribution in [1.82, 2.24) is 14.7 Å². The molecule has 1 atom stereocenters. The number of hydrogen-bond acceptors (Lipinski definition) is 5. The maximum Gasteiger partial charge on any atom is 0.225 e. The van der Waals surface area contributed by atoms with E-state index >= 15 is 0 Å². The van der Waals surface area contributed by atoms with E-state index in [4.69, 9.17) is 0 Å². The number of amides is 2. The van der Waals surface area contributed by atoms with Crippen molar-refractivity contribution >= 4 is 21.7 Å². The molecule has 1 aliphatic heterocycles. The standard InChI is InChI=1S/C28H45N3O4S/c1-4-29(23(2)22-24-12-14-26(15-13-24)36(3,34)35)17-8-9-18-30-20-21-31(19-16-27(30)32)28(33)25-10-6-5-7-11-25/h12-15,23,25H,4-11,16-22H2,1-3H3. The molecule has 3 rings (SSSR count). The normalized spacial score (nSPS) is 18.9. The third-order valence-electron chi connectivity index (χ3n) is 7.89. The van der Waals surface area contributed by atoms with Gasteiger partial charge in [0, 0.05) is 50.8 Å². The van der Waals surface area contributed by atoms with Crippen molar-refractivity contribution in [3.05, 3.63) is 29.8 Å². The minimum absolute atomic E-state index is 0.167. The van der Waals surface area contributed by atoms with Gasteiger partial charge in [-0.3, -0.25) is 9.59 Å². The van der Waals surface area contributed by atoms with Crippen LogP contribution in [0.15, 0.2) is 29.2 Å². The van der Waals surface area contributed by atoms with Crippen molar-refractivity contribution < 1.29 is 18.0 Å². The van der Waals surface area contributed by atoms with Gasteiger partial charge in [-0.15, -0.1) is 0 Å². The summed E-state index contributed by atoms with van der Waals surface area (Å²) in [6.45, 7) is 8.92. The monoisotopic (exact) mass is 519 g/mol. The van der Waals surface area contributed by atoms with Crippen molar-refractivity contribution in [3.63, 3.8) is 0 Å². The summed E-state index contributed by atoms with van der Waals surface area (Å²) in [6.07, 6.45) is 10.1. The predicted octanol–water partition coefficient (Wildman–Crippen LogP) is 3.76. The number of sulfone groups is 1. The Morgan fingerprint density at radius 2 is 1.75 bits per heavy atom. The lowest BCUT2D eigenvalue weighted by Crippen LogP contribution is -2.40. The Morgan fingerprint density at radius 1 is 1.06 bits per heavy atom. The first-order valence-corrected chi connectivity index (χ1v) is 15.7. The van der Waals surface area contributed by atoms with Crippen molar-refractivity contribution in [2.75, 3.05) is 45.5 Å². The van der Waals surface area contributed by atoms with E-state index in [1.165, 1.54) is 12.7 Å². The first kappa shape index (κ1) is 28.6. The molecule has 0 spiro atoms. The molecule has 1 saturated carbocycles. The van der Waals surface area contributed by atoms with Gasteiger partial charge in [0.1, 0.15) is 0 Å². The van der Waals surface area contributed by atoms with Crippen LogP contribution in [0.2, 0.25) is 0 Å². The zero-order chi connectivity index (χ0) is 26.1. The molecule has 0 bridgehead atoms. The number of unbranched alkanes of at least 4 members (excludes halogenated alkanes) is 1. The largest absolute Gasteiger partial charge is 0.341 e. The molecule has 2 fully saturated rings. The van der Waals surface area contributed by atoms with Crippen molar-refractivity contribution in [1.29, 1.82) is 0 Å². The molecule has 1 unspecified atom stereocenters. The van der Waals surface area contributed by atoms with Crippen LogP contribution in [0.4, 0.5) is 0 Å².